The number of hydrogen-bond acceptors (Lipinski definition) is 4. The smallest absolute Gasteiger partial charge is 0.377 e. The average Bonchev–Trinajstić information content (AvgIpc) is 2.18. The third kappa shape index (κ3) is 5.96. The van der Waals surface area contributed by atoms with Crippen molar-refractivity contribution in [1.29, 1.82) is 0 Å². The molecule has 0 saturated heterocycles. The topological polar surface area (TPSA) is 39.7 Å². The Labute approximate surface area is 101 Å². The molecule has 0 aliphatic rings. The zero-order valence-electron chi connectivity index (χ0n) is 11.7. The zero-order valence-corrected chi connectivity index (χ0v) is 12.7. The Bertz CT molecular complexity index is 182. The summed E-state index contributed by atoms with van der Waals surface area (Å²) in [6, 6.07) is 1.26. The fourth-order valence-corrected chi connectivity index (χ4v) is 3.66. The highest BCUT2D eigenvalue weighted by atomic mass is 28.4. The first-order chi connectivity index (χ1) is 7.28. The molecule has 0 spiro atoms. The van der Waals surface area contributed by atoms with Crippen molar-refractivity contribution in [3.63, 3.8) is 0 Å². The summed E-state index contributed by atoms with van der Waals surface area (Å²) in [5.74, 6) is 0. The predicted molar refractivity (Wildman–Crippen MR) is 68.6 cm³/mol. The first kappa shape index (κ1) is 16.1. The van der Waals surface area contributed by atoms with Crippen molar-refractivity contribution in [2.75, 3.05) is 21.3 Å². The third-order valence-corrected chi connectivity index (χ3v) is 5.26. The highest BCUT2D eigenvalue weighted by molar-refractivity contribution is 6.60. The van der Waals surface area contributed by atoms with E-state index in [1.807, 2.05) is 0 Å². The minimum absolute atomic E-state index is 0.136. The summed E-state index contributed by atoms with van der Waals surface area (Å²) in [5, 5.41) is 3.52. The van der Waals surface area contributed by atoms with Gasteiger partial charge in [0.2, 0.25) is 0 Å². The number of rotatable bonds is 7. The molecule has 0 aliphatic heterocycles. The van der Waals surface area contributed by atoms with Crippen molar-refractivity contribution in [1.82, 2.24) is 5.32 Å². The van der Waals surface area contributed by atoms with Crippen molar-refractivity contribution in [2.45, 2.75) is 51.7 Å². The Morgan fingerprint density at radius 3 is 1.81 bits per heavy atom. The molecule has 1 atom stereocenters. The second-order valence-electron chi connectivity index (χ2n) is 5.13. The van der Waals surface area contributed by atoms with Crippen molar-refractivity contribution >= 4 is 8.80 Å². The highest BCUT2D eigenvalue weighted by Gasteiger charge is 2.37. The van der Waals surface area contributed by atoms with Crippen LogP contribution >= 0.6 is 0 Å². The maximum atomic E-state index is 5.38. The van der Waals surface area contributed by atoms with Gasteiger partial charge in [-0.3, -0.25) is 0 Å². The van der Waals surface area contributed by atoms with Gasteiger partial charge >= 0.3 is 8.80 Å². The van der Waals surface area contributed by atoms with E-state index in [1.54, 1.807) is 21.3 Å². The van der Waals surface area contributed by atoms with Gasteiger partial charge in [0.05, 0.1) is 0 Å². The van der Waals surface area contributed by atoms with E-state index in [9.17, 15) is 0 Å². The first-order valence-corrected chi connectivity index (χ1v) is 7.65. The van der Waals surface area contributed by atoms with E-state index in [-0.39, 0.29) is 5.54 Å². The summed E-state index contributed by atoms with van der Waals surface area (Å²) in [7, 11) is 2.57. The molecule has 16 heavy (non-hydrogen) atoms. The van der Waals surface area contributed by atoms with E-state index in [0.29, 0.717) is 6.04 Å². The SMILES string of the molecule is CO[Si](CCC(C)NC(C)(C)C)(OC)OC. The van der Waals surface area contributed by atoms with Gasteiger partial charge in [-0.15, -0.1) is 0 Å². The van der Waals surface area contributed by atoms with E-state index >= 15 is 0 Å². The lowest BCUT2D eigenvalue weighted by Gasteiger charge is -2.29. The van der Waals surface area contributed by atoms with Crippen molar-refractivity contribution < 1.29 is 13.3 Å². The maximum absolute atomic E-state index is 5.38. The molecule has 4 nitrogen and oxygen atoms in total. The van der Waals surface area contributed by atoms with Gasteiger partial charge in [-0.1, -0.05) is 0 Å². The van der Waals surface area contributed by atoms with Gasteiger partial charge in [-0.25, -0.2) is 0 Å². The van der Waals surface area contributed by atoms with Crippen molar-refractivity contribution in [3.8, 4) is 0 Å². The molecular formula is C11H27NO3Si. The second kappa shape index (κ2) is 6.71. The van der Waals surface area contributed by atoms with Crippen LogP contribution < -0.4 is 5.32 Å². The largest absolute Gasteiger partial charge is 0.500 e. The van der Waals surface area contributed by atoms with Crippen molar-refractivity contribution in [2.24, 2.45) is 0 Å². The molecule has 0 rings (SSSR count). The summed E-state index contributed by atoms with van der Waals surface area (Å²) in [5.41, 5.74) is 0.136. The van der Waals surface area contributed by atoms with Crippen LogP contribution in [-0.2, 0) is 13.3 Å². The average molecular weight is 249 g/mol. The van der Waals surface area contributed by atoms with Crippen LogP contribution in [0.25, 0.3) is 0 Å². The third-order valence-electron chi connectivity index (χ3n) is 2.50. The molecule has 98 valence electrons. The second-order valence-corrected chi connectivity index (χ2v) is 8.22. The zero-order chi connectivity index (χ0) is 12.8. The standard InChI is InChI=1S/C11H27NO3Si/c1-10(12-11(2,3)4)8-9-16(13-5,14-6)15-7/h10,12H,8-9H2,1-7H3. The molecule has 0 aromatic heterocycles. The highest BCUT2D eigenvalue weighted by Crippen LogP contribution is 2.17. The van der Waals surface area contributed by atoms with Crippen LogP contribution in [-0.4, -0.2) is 41.7 Å². The van der Waals surface area contributed by atoms with E-state index in [2.05, 4.69) is 33.0 Å². The van der Waals surface area contributed by atoms with Crippen LogP contribution in [0.4, 0.5) is 0 Å². The Morgan fingerprint density at radius 1 is 1.06 bits per heavy atom. The van der Waals surface area contributed by atoms with Gasteiger partial charge in [0, 0.05) is 39.0 Å². The summed E-state index contributed by atoms with van der Waals surface area (Å²) >= 11 is 0. The van der Waals surface area contributed by atoms with Gasteiger partial charge in [-0.2, -0.15) is 0 Å². The molecule has 0 heterocycles. The first-order valence-electron chi connectivity index (χ1n) is 5.71. The number of nitrogens with one attached hydrogen (secondary N) is 1. The van der Waals surface area contributed by atoms with Gasteiger partial charge in [0.1, 0.15) is 0 Å². The molecular weight excluding hydrogens is 222 g/mol. The minimum Gasteiger partial charge on any atom is -0.377 e. The molecule has 1 N–H and O–H groups in total. The monoisotopic (exact) mass is 249 g/mol. The Hall–Kier alpha value is 0.0569. The molecule has 0 radical (unpaired) electrons. The lowest BCUT2D eigenvalue weighted by molar-refractivity contribution is 0.121. The fourth-order valence-electron chi connectivity index (χ4n) is 1.76. The quantitative estimate of drug-likeness (QED) is 0.701. The van der Waals surface area contributed by atoms with Gasteiger partial charge < -0.3 is 18.6 Å². The summed E-state index contributed by atoms with van der Waals surface area (Å²) in [4.78, 5) is 0. The van der Waals surface area contributed by atoms with Gasteiger partial charge in [0.25, 0.3) is 0 Å². The molecule has 0 fully saturated rings. The van der Waals surface area contributed by atoms with Crippen LogP contribution in [0.3, 0.4) is 0 Å². The lowest BCUT2D eigenvalue weighted by atomic mass is 10.1. The molecule has 0 saturated carbocycles. The lowest BCUT2D eigenvalue weighted by Crippen LogP contribution is -2.46. The summed E-state index contributed by atoms with van der Waals surface area (Å²) in [6.45, 7) is 8.66. The summed E-state index contributed by atoms with van der Waals surface area (Å²) < 4.78 is 16.2. The fraction of sp³-hybridized carbons (Fsp3) is 1.00. The van der Waals surface area contributed by atoms with Crippen LogP contribution in [0.5, 0.6) is 0 Å². The van der Waals surface area contributed by atoms with E-state index in [4.69, 9.17) is 13.3 Å². The Balaban J connectivity index is 4.11. The van der Waals surface area contributed by atoms with E-state index < -0.39 is 8.80 Å². The molecule has 0 aromatic carbocycles. The molecule has 1 unspecified atom stereocenters. The van der Waals surface area contributed by atoms with E-state index in [0.717, 1.165) is 12.5 Å². The summed E-state index contributed by atoms with van der Waals surface area (Å²) in [6.07, 6.45) is 0.985. The van der Waals surface area contributed by atoms with Crippen molar-refractivity contribution in [3.05, 3.63) is 0 Å². The van der Waals surface area contributed by atoms with Gasteiger partial charge in [0.15, 0.2) is 0 Å². The Kier molecular flexibility index (Phi) is 6.73. The van der Waals surface area contributed by atoms with Crippen LogP contribution in [0.15, 0.2) is 0 Å². The molecule has 0 bridgehead atoms. The molecule has 0 aromatic rings. The van der Waals surface area contributed by atoms with Gasteiger partial charge in [-0.05, 0) is 34.1 Å². The molecule has 0 aliphatic carbocycles. The predicted octanol–water partition coefficient (Wildman–Crippen LogP) is 2.03. The van der Waals surface area contributed by atoms with E-state index in [1.165, 1.54) is 0 Å². The minimum atomic E-state index is -2.40. The molecule has 5 heteroatoms. The van der Waals surface area contributed by atoms with Crippen LogP contribution in [0, 0.1) is 0 Å². The maximum Gasteiger partial charge on any atom is 0.500 e. The molecule has 0 amide bonds. The normalized spacial score (nSPS) is 15.2. The van der Waals surface area contributed by atoms with Crippen LogP contribution in [0.1, 0.15) is 34.1 Å². The van der Waals surface area contributed by atoms with Crippen LogP contribution in [0.2, 0.25) is 6.04 Å². The number of hydrogen-bond donors (Lipinski definition) is 1. The Morgan fingerprint density at radius 2 is 1.50 bits per heavy atom.